The summed E-state index contributed by atoms with van der Waals surface area (Å²) in [6, 6.07) is 13.2. The van der Waals surface area contributed by atoms with Gasteiger partial charge in [0.1, 0.15) is 6.29 Å². The Hall–Kier alpha value is -3.37. The number of likely N-dealkylation sites (tertiary alicyclic amines) is 1. The van der Waals surface area contributed by atoms with E-state index >= 15 is 0 Å². The van der Waals surface area contributed by atoms with Crippen LogP contribution in [0.1, 0.15) is 48.9 Å². The Morgan fingerprint density at radius 2 is 1.94 bits per heavy atom. The highest BCUT2D eigenvalue weighted by Crippen LogP contribution is 2.39. The zero-order valence-corrected chi connectivity index (χ0v) is 21.6. The summed E-state index contributed by atoms with van der Waals surface area (Å²) in [6.45, 7) is 12.9. The van der Waals surface area contributed by atoms with Gasteiger partial charge in [0.05, 0.1) is 5.52 Å². The van der Waals surface area contributed by atoms with Crippen LogP contribution in [0.5, 0.6) is 0 Å². The molecule has 1 aliphatic heterocycles. The van der Waals surface area contributed by atoms with E-state index in [2.05, 4.69) is 84.8 Å². The third kappa shape index (κ3) is 4.70. The highest BCUT2D eigenvalue weighted by molar-refractivity contribution is 6.02. The number of piperidine rings is 1. The van der Waals surface area contributed by atoms with Gasteiger partial charge in [-0.25, -0.2) is 0 Å². The Morgan fingerprint density at radius 3 is 2.64 bits per heavy atom. The lowest BCUT2D eigenvalue weighted by Gasteiger charge is -2.31. The van der Waals surface area contributed by atoms with E-state index < -0.39 is 0 Å². The molecule has 3 aromatic rings. The van der Waals surface area contributed by atoms with E-state index in [1.807, 2.05) is 6.08 Å². The molecule has 2 N–H and O–H groups in total. The fourth-order valence-corrected chi connectivity index (χ4v) is 5.74. The van der Waals surface area contributed by atoms with Crippen LogP contribution in [0.2, 0.25) is 0 Å². The second-order valence-corrected chi connectivity index (χ2v) is 10.5. The van der Waals surface area contributed by atoms with Crippen molar-refractivity contribution >= 4 is 34.5 Å². The van der Waals surface area contributed by atoms with Gasteiger partial charge in [-0.05, 0) is 99.1 Å². The second kappa shape index (κ2) is 10.3. The van der Waals surface area contributed by atoms with Gasteiger partial charge in [0, 0.05) is 34.3 Å². The molecule has 2 heterocycles. The number of nitrogens with one attached hydrogen (secondary N) is 2. The number of rotatable bonds is 7. The maximum Gasteiger partial charge on any atom is 0.123 e. The average Bonchev–Trinajstić information content (AvgIpc) is 3.35. The molecule has 1 aliphatic carbocycles. The average molecular weight is 480 g/mol. The molecule has 0 bridgehead atoms. The Labute approximate surface area is 214 Å². The first-order valence-corrected chi connectivity index (χ1v) is 13.2. The fraction of sp³-hybridized carbons (Fsp3) is 0.344. The summed E-state index contributed by atoms with van der Waals surface area (Å²) in [5.74, 6) is 0.664. The molecule has 2 aliphatic rings. The number of aromatic nitrogens is 1. The third-order valence-corrected chi connectivity index (χ3v) is 8.17. The first kappa shape index (κ1) is 24.3. The Kier molecular flexibility index (Phi) is 6.97. The molecular weight excluding hydrogens is 442 g/mol. The van der Waals surface area contributed by atoms with Crippen LogP contribution in [-0.2, 0) is 4.79 Å². The van der Waals surface area contributed by atoms with Gasteiger partial charge in [0.25, 0.3) is 0 Å². The number of aldehydes is 1. The van der Waals surface area contributed by atoms with Crippen LogP contribution in [0, 0.1) is 18.8 Å². The number of carbonyl (C=O) groups is 1. The van der Waals surface area contributed by atoms with Crippen LogP contribution in [0.3, 0.4) is 0 Å². The lowest BCUT2D eigenvalue weighted by Crippen LogP contribution is -2.31. The minimum absolute atomic E-state index is 0.152. The smallest absolute Gasteiger partial charge is 0.123 e. The van der Waals surface area contributed by atoms with Crippen molar-refractivity contribution < 1.29 is 4.79 Å². The molecule has 2 aromatic carbocycles. The quantitative estimate of drug-likeness (QED) is 0.346. The standard InChI is InChI=1S/C32H37N3O/c1-5-24-13-14-28(29-19-31(34-32(24)29)26-11-9-23(20-36)10-12-26)27-7-6-8-30(21(27)2)33-22(3)25-15-17-35(4)18-16-25/h5-8,11,13-14,19-20,23,25,33-34H,1,3,9-10,12,15-18H2,2,4H3. The molecule has 0 saturated carbocycles. The summed E-state index contributed by atoms with van der Waals surface area (Å²) in [4.78, 5) is 17.3. The topological polar surface area (TPSA) is 48.1 Å². The van der Waals surface area contributed by atoms with Crippen molar-refractivity contribution in [1.29, 1.82) is 0 Å². The summed E-state index contributed by atoms with van der Waals surface area (Å²) in [5, 5.41) is 4.87. The van der Waals surface area contributed by atoms with E-state index in [4.69, 9.17) is 0 Å². The van der Waals surface area contributed by atoms with Crippen molar-refractivity contribution in [2.45, 2.75) is 39.0 Å². The van der Waals surface area contributed by atoms with Crippen molar-refractivity contribution in [3.63, 3.8) is 0 Å². The number of allylic oxidation sites excluding steroid dienone is 3. The third-order valence-electron chi connectivity index (χ3n) is 8.17. The van der Waals surface area contributed by atoms with E-state index in [-0.39, 0.29) is 5.92 Å². The lowest BCUT2D eigenvalue weighted by atomic mass is 9.89. The SMILES string of the molecule is C=Cc1ccc(-c2cccc(NC(=C)C3CCN(C)CC3)c2C)c2cc(C3=CCC(C=O)CC3)[nH]c12. The summed E-state index contributed by atoms with van der Waals surface area (Å²) < 4.78 is 0. The molecule has 1 fully saturated rings. The maximum absolute atomic E-state index is 11.2. The summed E-state index contributed by atoms with van der Waals surface area (Å²) in [7, 11) is 2.19. The molecule has 5 rings (SSSR count). The van der Waals surface area contributed by atoms with Gasteiger partial charge >= 0.3 is 0 Å². The monoisotopic (exact) mass is 479 g/mol. The van der Waals surface area contributed by atoms with Gasteiger partial charge in [0.2, 0.25) is 0 Å². The predicted molar refractivity (Wildman–Crippen MR) is 153 cm³/mol. The van der Waals surface area contributed by atoms with Gasteiger partial charge in [-0.1, -0.05) is 49.6 Å². The number of anilines is 1. The second-order valence-electron chi connectivity index (χ2n) is 10.5. The van der Waals surface area contributed by atoms with Crippen LogP contribution in [0.15, 0.2) is 61.3 Å². The molecule has 1 unspecified atom stereocenters. The number of aromatic amines is 1. The normalized spacial score (nSPS) is 19.2. The molecule has 0 spiro atoms. The van der Waals surface area contributed by atoms with E-state index in [1.54, 1.807) is 0 Å². The predicted octanol–water partition coefficient (Wildman–Crippen LogP) is 7.44. The number of fused-ring (bicyclic) bond motifs is 1. The molecular formula is C32H37N3O. The number of H-pyrrole nitrogens is 1. The summed E-state index contributed by atoms with van der Waals surface area (Å²) in [6.07, 6.45) is 10.2. The van der Waals surface area contributed by atoms with Gasteiger partial charge in [-0.3, -0.25) is 0 Å². The van der Waals surface area contributed by atoms with E-state index in [1.165, 1.54) is 27.6 Å². The Bertz CT molecular complexity index is 1340. The van der Waals surface area contributed by atoms with E-state index in [0.29, 0.717) is 5.92 Å². The lowest BCUT2D eigenvalue weighted by molar-refractivity contribution is -0.111. The van der Waals surface area contributed by atoms with Crippen LogP contribution < -0.4 is 5.32 Å². The molecule has 1 atom stereocenters. The number of hydrogen-bond donors (Lipinski definition) is 2. The van der Waals surface area contributed by atoms with Crippen molar-refractivity contribution in [3.05, 3.63) is 78.1 Å². The van der Waals surface area contributed by atoms with Crippen molar-refractivity contribution in [3.8, 4) is 11.1 Å². The molecule has 4 nitrogen and oxygen atoms in total. The zero-order chi connectivity index (χ0) is 25.2. The van der Waals surface area contributed by atoms with Gasteiger partial charge in [-0.15, -0.1) is 0 Å². The highest BCUT2D eigenvalue weighted by atomic mass is 16.1. The fourth-order valence-electron chi connectivity index (χ4n) is 5.74. The highest BCUT2D eigenvalue weighted by Gasteiger charge is 2.21. The largest absolute Gasteiger partial charge is 0.359 e. The summed E-state index contributed by atoms with van der Waals surface area (Å²) >= 11 is 0. The first-order chi connectivity index (χ1) is 17.5. The van der Waals surface area contributed by atoms with E-state index in [9.17, 15) is 4.79 Å². The van der Waals surface area contributed by atoms with Crippen LogP contribution in [0.25, 0.3) is 33.7 Å². The van der Waals surface area contributed by atoms with Crippen molar-refractivity contribution in [1.82, 2.24) is 9.88 Å². The number of nitrogens with zero attached hydrogens (tertiary/aromatic N) is 1. The maximum atomic E-state index is 11.2. The van der Waals surface area contributed by atoms with Crippen LogP contribution >= 0.6 is 0 Å². The zero-order valence-electron chi connectivity index (χ0n) is 21.6. The Morgan fingerprint density at radius 1 is 1.14 bits per heavy atom. The van der Waals surface area contributed by atoms with Gasteiger partial charge < -0.3 is 20.0 Å². The van der Waals surface area contributed by atoms with Crippen LogP contribution in [-0.4, -0.2) is 36.3 Å². The van der Waals surface area contributed by atoms with Crippen molar-refractivity contribution in [2.75, 3.05) is 25.5 Å². The molecule has 0 amide bonds. The first-order valence-electron chi connectivity index (χ1n) is 13.2. The van der Waals surface area contributed by atoms with E-state index in [0.717, 1.165) is 79.6 Å². The number of benzene rings is 2. The molecule has 4 heteroatoms. The molecule has 0 radical (unpaired) electrons. The van der Waals surface area contributed by atoms with Gasteiger partial charge in [-0.2, -0.15) is 0 Å². The summed E-state index contributed by atoms with van der Waals surface area (Å²) in [5.41, 5.74) is 10.6. The number of hydrogen-bond acceptors (Lipinski definition) is 3. The molecule has 1 saturated heterocycles. The Balaban J connectivity index is 1.49. The van der Waals surface area contributed by atoms with Gasteiger partial charge in [0.15, 0.2) is 0 Å². The minimum atomic E-state index is 0.152. The van der Waals surface area contributed by atoms with Crippen LogP contribution in [0.4, 0.5) is 5.69 Å². The van der Waals surface area contributed by atoms with Crippen molar-refractivity contribution in [2.24, 2.45) is 11.8 Å². The molecule has 36 heavy (non-hydrogen) atoms. The molecule has 186 valence electrons. The number of carbonyl (C=O) groups excluding carboxylic acids is 1. The minimum Gasteiger partial charge on any atom is -0.359 e. The molecule has 1 aromatic heterocycles.